The second-order valence-electron chi connectivity index (χ2n) is 12.2. The van der Waals surface area contributed by atoms with Crippen LogP contribution < -0.4 is 0 Å². The van der Waals surface area contributed by atoms with Crippen LogP contribution in [0.15, 0.2) is 152 Å². The van der Waals surface area contributed by atoms with Gasteiger partial charge >= 0.3 is 0 Å². The molecule has 5 nitrogen and oxygen atoms in total. The molecule has 0 aliphatic heterocycles. The van der Waals surface area contributed by atoms with Gasteiger partial charge in [-0.25, -0.2) is 4.85 Å². The van der Waals surface area contributed by atoms with Gasteiger partial charge in [-0.15, -0.1) is 0 Å². The molecule has 0 atom stereocenters. The fourth-order valence-corrected chi connectivity index (χ4v) is 7.49. The van der Waals surface area contributed by atoms with Crippen molar-refractivity contribution in [1.82, 2.24) is 9.13 Å². The Labute approximate surface area is 288 Å². The van der Waals surface area contributed by atoms with E-state index in [0.29, 0.717) is 22.4 Å². The van der Waals surface area contributed by atoms with Gasteiger partial charge in [0.2, 0.25) is 0 Å². The smallest absolute Gasteiger partial charge is 0.196 e. The van der Waals surface area contributed by atoms with Gasteiger partial charge in [-0.1, -0.05) is 97.1 Å². The highest BCUT2D eigenvalue weighted by atomic mass is 15.0. The van der Waals surface area contributed by atoms with Gasteiger partial charge in [0.05, 0.1) is 57.6 Å². The van der Waals surface area contributed by atoms with Crippen LogP contribution in [0.25, 0.3) is 82.1 Å². The zero-order valence-corrected chi connectivity index (χ0v) is 26.7. The van der Waals surface area contributed by atoms with Crippen LogP contribution in [0, 0.1) is 29.2 Å². The standard InChI is InChI=1S/C45H25N5/c1-48-39-24-23-32(30-19-21-31(22-20-30)49-40-14-6-2-10-33(40)34-11-3-7-15-41(34)49)38(28-47)45(39)36-13-5-9-17-43(36)50-42-16-8-4-12-35(42)37-26-29(27-46)18-25-44(37)50/h2-26H. The molecule has 7 aromatic carbocycles. The molecule has 0 N–H and O–H groups in total. The molecule has 0 radical (unpaired) electrons. The minimum atomic E-state index is 0.409. The number of aromatic nitrogens is 2. The first-order valence-electron chi connectivity index (χ1n) is 16.3. The van der Waals surface area contributed by atoms with Gasteiger partial charge in [0.25, 0.3) is 0 Å². The average molecular weight is 636 g/mol. The van der Waals surface area contributed by atoms with Crippen molar-refractivity contribution in [3.05, 3.63) is 174 Å². The molecule has 9 aromatic rings. The Morgan fingerprint density at radius 1 is 0.500 bits per heavy atom. The number of nitriles is 2. The molecule has 0 saturated carbocycles. The van der Waals surface area contributed by atoms with Crippen LogP contribution >= 0.6 is 0 Å². The van der Waals surface area contributed by atoms with E-state index in [1.54, 1.807) is 0 Å². The molecule has 0 spiro atoms. The number of hydrogen-bond donors (Lipinski definition) is 0. The third-order valence-corrected chi connectivity index (χ3v) is 9.65. The van der Waals surface area contributed by atoms with Crippen molar-refractivity contribution < 1.29 is 0 Å². The molecule has 2 aromatic heterocycles. The Morgan fingerprint density at radius 2 is 1.08 bits per heavy atom. The van der Waals surface area contributed by atoms with E-state index in [1.807, 2.05) is 66.7 Å². The zero-order chi connectivity index (χ0) is 33.8. The van der Waals surface area contributed by atoms with Crippen LogP contribution in [0.1, 0.15) is 11.1 Å². The predicted molar refractivity (Wildman–Crippen MR) is 202 cm³/mol. The van der Waals surface area contributed by atoms with Crippen LogP contribution in [0.4, 0.5) is 5.69 Å². The minimum absolute atomic E-state index is 0.409. The lowest BCUT2D eigenvalue weighted by Gasteiger charge is -2.18. The number of fused-ring (bicyclic) bond motifs is 6. The van der Waals surface area contributed by atoms with Crippen LogP contribution in [0.2, 0.25) is 0 Å². The zero-order valence-electron chi connectivity index (χ0n) is 26.7. The maximum absolute atomic E-state index is 10.8. The number of nitrogens with zero attached hydrogens (tertiary/aromatic N) is 5. The third-order valence-electron chi connectivity index (χ3n) is 9.65. The van der Waals surface area contributed by atoms with Gasteiger partial charge in [0.15, 0.2) is 5.69 Å². The van der Waals surface area contributed by atoms with Gasteiger partial charge in [-0.2, -0.15) is 10.5 Å². The molecule has 5 heteroatoms. The van der Waals surface area contributed by atoms with Crippen molar-refractivity contribution in [2.45, 2.75) is 0 Å². The van der Waals surface area contributed by atoms with Crippen LogP contribution in [-0.2, 0) is 0 Å². The highest BCUT2D eigenvalue weighted by molar-refractivity contribution is 6.11. The highest BCUT2D eigenvalue weighted by Gasteiger charge is 2.22. The van der Waals surface area contributed by atoms with E-state index in [-0.39, 0.29) is 0 Å². The van der Waals surface area contributed by atoms with Crippen molar-refractivity contribution in [1.29, 1.82) is 10.5 Å². The topological polar surface area (TPSA) is 61.8 Å². The molecule has 0 aliphatic carbocycles. The number of rotatable bonds is 4. The summed E-state index contributed by atoms with van der Waals surface area (Å²) in [5.41, 5.74) is 10.5. The molecule has 0 unspecified atom stereocenters. The van der Waals surface area contributed by atoms with Gasteiger partial charge < -0.3 is 9.13 Å². The maximum atomic E-state index is 10.8. The molecule has 0 saturated heterocycles. The summed E-state index contributed by atoms with van der Waals surface area (Å²) in [6.07, 6.45) is 0. The van der Waals surface area contributed by atoms with Gasteiger partial charge in [-0.05, 0) is 71.3 Å². The van der Waals surface area contributed by atoms with E-state index in [2.05, 4.69) is 111 Å². The van der Waals surface area contributed by atoms with Crippen molar-refractivity contribution >= 4 is 49.3 Å². The van der Waals surface area contributed by atoms with Crippen LogP contribution in [0.3, 0.4) is 0 Å². The summed E-state index contributed by atoms with van der Waals surface area (Å²) >= 11 is 0. The lowest BCUT2D eigenvalue weighted by atomic mass is 9.90. The van der Waals surface area contributed by atoms with Gasteiger partial charge in [0.1, 0.15) is 0 Å². The fraction of sp³-hybridized carbons (Fsp3) is 0. The number of benzene rings is 7. The second-order valence-corrected chi connectivity index (χ2v) is 12.2. The molecule has 230 valence electrons. The molecule has 9 rings (SSSR count). The van der Waals surface area contributed by atoms with Crippen molar-refractivity contribution in [3.8, 4) is 45.8 Å². The summed E-state index contributed by atoms with van der Waals surface area (Å²) in [5, 5.41) is 24.9. The molecule has 0 aliphatic rings. The summed E-state index contributed by atoms with van der Waals surface area (Å²) in [6.45, 7) is 8.15. The molecule has 50 heavy (non-hydrogen) atoms. The van der Waals surface area contributed by atoms with E-state index in [4.69, 9.17) is 6.57 Å². The summed E-state index contributed by atoms with van der Waals surface area (Å²) < 4.78 is 4.44. The lowest BCUT2D eigenvalue weighted by molar-refractivity contribution is 1.18. The van der Waals surface area contributed by atoms with Crippen molar-refractivity contribution in [2.24, 2.45) is 0 Å². The maximum Gasteiger partial charge on any atom is 0.196 e. The summed E-state index contributed by atoms with van der Waals surface area (Å²) in [6, 6.07) is 55.4. The molecule has 0 fully saturated rings. The molecule has 0 amide bonds. The van der Waals surface area contributed by atoms with Gasteiger partial charge in [0, 0.05) is 32.8 Å². The molecule has 0 bridgehead atoms. The monoisotopic (exact) mass is 635 g/mol. The summed E-state index contributed by atoms with van der Waals surface area (Å²) in [7, 11) is 0. The minimum Gasteiger partial charge on any atom is -0.309 e. The normalized spacial score (nSPS) is 11.1. The first-order chi connectivity index (χ1) is 24.7. The van der Waals surface area contributed by atoms with Gasteiger partial charge in [-0.3, -0.25) is 0 Å². The Bertz CT molecular complexity index is 2900. The fourth-order valence-electron chi connectivity index (χ4n) is 7.49. The first-order valence-corrected chi connectivity index (χ1v) is 16.3. The Kier molecular flexibility index (Phi) is 6.56. The Morgan fingerprint density at radius 3 is 1.72 bits per heavy atom. The first kappa shape index (κ1) is 28.8. The quantitative estimate of drug-likeness (QED) is 0.181. The molecule has 2 heterocycles. The number of para-hydroxylation sites is 4. The lowest BCUT2D eigenvalue weighted by Crippen LogP contribution is -1.99. The number of hydrogen-bond acceptors (Lipinski definition) is 2. The van der Waals surface area contributed by atoms with Crippen molar-refractivity contribution in [2.75, 3.05) is 0 Å². The van der Waals surface area contributed by atoms with E-state index in [1.165, 1.54) is 10.8 Å². The summed E-state index contributed by atoms with van der Waals surface area (Å²) in [4.78, 5) is 3.92. The Hall–Kier alpha value is -7.39. The molecular formula is C45H25N5. The largest absolute Gasteiger partial charge is 0.309 e. The van der Waals surface area contributed by atoms with Crippen LogP contribution in [-0.4, -0.2) is 9.13 Å². The van der Waals surface area contributed by atoms with E-state index >= 15 is 0 Å². The van der Waals surface area contributed by atoms with E-state index in [0.717, 1.165) is 60.9 Å². The Balaban J connectivity index is 1.24. The van der Waals surface area contributed by atoms with Crippen molar-refractivity contribution in [3.63, 3.8) is 0 Å². The SMILES string of the molecule is [C-]#[N+]c1ccc(-c2ccc(-n3c4ccccc4c4ccccc43)cc2)c(C#N)c1-c1ccccc1-n1c2ccccc2c2cc(C#N)ccc21. The second kappa shape index (κ2) is 11.4. The highest BCUT2D eigenvalue weighted by Crippen LogP contribution is 2.44. The third kappa shape index (κ3) is 4.24. The van der Waals surface area contributed by atoms with E-state index < -0.39 is 0 Å². The predicted octanol–water partition coefficient (Wildman–Crippen LogP) is 11.5. The van der Waals surface area contributed by atoms with E-state index in [9.17, 15) is 10.5 Å². The molecular weight excluding hydrogens is 611 g/mol. The average Bonchev–Trinajstić information content (AvgIpc) is 3.70. The summed E-state index contributed by atoms with van der Waals surface area (Å²) in [5.74, 6) is 0. The van der Waals surface area contributed by atoms with Crippen LogP contribution in [0.5, 0.6) is 0 Å².